The minimum atomic E-state index is -1.18. The highest BCUT2D eigenvalue weighted by Gasteiger charge is 2.47. The van der Waals surface area contributed by atoms with E-state index in [1.54, 1.807) is 23.1 Å². The van der Waals surface area contributed by atoms with Gasteiger partial charge in [-0.2, -0.15) is 0 Å². The SMILES string of the molecule is C[C@H]1CCN1C(=O)C[C@H](NC(=O)c1ccc(N(C)C(=O)O)cc1)C(=O)N1CCC[C@@]2(C1)OC(=O)Nc1ccc(Cl)cc12. The van der Waals surface area contributed by atoms with E-state index in [-0.39, 0.29) is 30.5 Å². The van der Waals surface area contributed by atoms with Gasteiger partial charge in [0, 0.05) is 48.0 Å². The van der Waals surface area contributed by atoms with E-state index in [9.17, 15) is 29.1 Å². The fourth-order valence-electron chi connectivity index (χ4n) is 5.67. The number of carboxylic acid groups (broad SMARTS) is 1. The van der Waals surface area contributed by atoms with E-state index in [4.69, 9.17) is 16.3 Å². The third-order valence-electron chi connectivity index (χ3n) is 8.19. The molecule has 3 N–H and O–H groups in total. The molecule has 1 spiro atoms. The van der Waals surface area contributed by atoms with Gasteiger partial charge in [0.25, 0.3) is 5.91 Å². The van der Waals surface area contributed by atoms with Crippen LogP contribution in [0.25, 0.3) is 0 Å². The third-order valence-corrected chi connectivity index (χ3v) is 8.43. The molecule has 5 rings (SSSR count). The Morgan fingerprint density at radius 1 is 1.19 bits per heavy atom. The molecule has 2 aromatic carbocycles. The number of halogens is 1. The number of rotatable bonds is 6. The fraction of sp³-hybridized carbons (Fsp3) is 0.414. The second-order valence-corrected chi connectivity index (χ2v) is 11.3. The molecule has 0 aromatic heterocycles. The number of carbonyl (C=O) groups excluding carboxylic acids is 4. The summed E-state index contributed by atoms with van der Waals surface area (Å²) in [5.41, 5.74) is 0.640. The molecule has 5 amide bonds. The van der Waals surface area contributed by atoms with Gasteiger partial charge in [0.15, 0.2) is 5.60 Å². The molecule has 0 radical (unpaired) electrons. The minimum absolute atomic E-state index is 0.0312. The van der Waals surface area contributed by atoms with Crippen molar-refractivity contribution in [2.24, 2.45) is 0 Å². The van der Waals surface area contributed by atoms with E-state index in [1.165, 1.54) is 36.2 Å². The van der Waals surface area contributed by atoms with Crippen molar-refractivity contribution < 1.29 is 33.8 Å². The second kappa shape index (κ2) is 11.5. The third kappa shape index (κ3) is 5.71. The first-order valence-electron chi connectivity index (χ1n) is 13.7. The minimum Gasteiger partial charge on any atom is -0.465 e. The lowest BCUT2D eigenvalue weighted by Gasteiger charge is -2.46. The van der Waals surface area contributed by atoms with Crippen molar-refractivity contribution in [1.29, 1.82) is 0 Å². The van der Waals surface area contributed by atoms with E-state index >= 15 is 0 Å². The Morgan fingerprint density at radius 3 is 2.57 bits per heavy atom. The smallest absolute Gasteiger partial charge is 0.412 e. The molecule has 0 saturated carbocycles. The Bertz CT molecular complexity index is 1430. The van der Waals surface area contributed by atoms with Gasteiger partial charge in [0.05, 0.1) is 18.7 Å². The first kappa shape index (κ1) is 29.2. The number of nitrogens with one attached hydrogen (secondary N) is 2. The predicted molar refractivity (Wildman–Crippen MR) is 154 cm³/mol. The highest BCUT2D eigenvalue weighted by Crippen LogP contribution is 2.43. The molecular weight excluding hydrogens is 566 g/mol. The molecule has 2 saturated heterocycles. The zero-order valence-corrected chi connectivity index (χ0v) is 24.0. The molecule has 0 aliphatic carbocycles. The lowest BCUT2D eigenvalue weighted by molar-refractivity contribution is -0.146. The summed E-state index contributed by atoms with van der Waals surface area (Å²) in [4.78, 5) is 68.3. The van der Waals surface area contributed by atoms with Crippen molar-refractivity contribution in [3.8, 4) is 0 Å². The summed E-state index contributed by atoms with van der Waals surface area (Å²) in [5, 5.41) is 15.1. The Balaban J connectivity index is 1.39. The van der Waals surface area contributed by atoms with Gasteiger partial charge >= 0.3 is 12.2 Å². The first-order chi connectivity index (χ1) is 20.0. The van der Waals surface area contributed by atoms with Crippen LogP contribution < -0.4 is 15.5 Å². The van der Waals surface area contributed by atoms with Gasteiger partial charge in [-0.15, -0.1) is 0 Å². The number of hydrogen-bond acceptors (Lipinski definition) is 6. The number of amides is 5. The number of carbonyl (C=O) groups is 5. The summed E-state index contributed by atoms with van der Waals surface area (Å²) in [6.45, 7) is 2.89. The molecule has 12 nitrogen and oxygen atoms in total. The number of nitrogens with zero attached hydrogens (tertiary/aromatic N) is 3. The number of benzene rings is 2. The van der Waals surface area contributed by atoms with E-state index in [0.29, 0.717) is 47.9 Å². The average molecular weight is 598 g/mol. The monoisotopic (exact) mass is 597 g/mol. The van der Waals surface area contributed by atoms with E-state index < -0.39 is 35.6 Å². The largest absolute Gasteiger partial charge is 0.465 e. The quantitative estimate of drug-likeness (QED) is 0.460. The molecular formula is C29H32ClN5O7. The van der Waals surface area contributed by atoms with Crippen molar-refractivity contribution in [3.63, 3.8) is 0 Å². The maximum atomic E-state index is 14.0. The van der Waals surface area contributed by atoms with Crippen LogP contribution in [0, 0.1) is 0 Å². The van der Waals surface area contributed by atoms with Crippen LogP contribution in [0.2, 0.25) is 5.02 Å². The molecule has 2 aromatic rings. The summed E-state index contributed by atoms with van der Waals surface area (Å²) >= 11 is 6.27. The molecule has 3 aliphatic heterocycles. The number of ether oxygens (including phenoxy) is 1. The highest BCUT2D eigenvalue weighted by atomic mass is 35.5. The van der Waals surface area contributed by atoms with Gasteiger partial charge in [0.2, 0.25) is 11.8 Å². The standard InChI is InChI=1S/C29H32ClN5O7/c1-17-10-13-35(17)24(36)15-23(31-25(37)18-4-7-20(8-5-18)33(2)28(40)41)26(38)34-12-3-11-29(16-34)21-14-19(30)6-9-22(21)32-27(39)42-29/h4-9,14,17,23H,3,10-13,15-16H2,1-2H3,(H,31,37)(H,32,39)(H,40,41)/t17-,23-,29-/m0/s1. The predicted octanol–water partition coefficient (Wildman–Crippen LogP) is 3.64. The van der Waals surface area contributed by atoms with Gasteiger partial charge in [-0.05, 0) is 68.7 Å². The Kier molecular flexibility index (Phi) is 8.00. The number of anilines is 2. The van der Waals surface area contributed by atoms with Gasteiger partial charge in [-0.3, -0.25) is 24.6 Å². The Labute approximate surface area is 247 Å². The van der Waals surface area contributed by atoms with Crippen molar-refractivity contribution >= 4 is 52.9 Å². The molecule has 3 heterocycles. The molecule has 0 unspecified atom stereocenters. The van der Waals surface area contributed by atoms with Crippen LogP contribution in [0.4, 0.5) is 21.0 Å². The topological polar surface area (TPSA) is 149 Å². The Morgan fingerprint density at radius 2 is 1.93 bits per heavy atom. The lowest BCUT2D eigenvalue weighted by Crippen LogP contribution is -2.58. The zero-order chi connectivity index (χ0) is 30.2. The van der Waals surface area contributed by atoms with E-state index in [2.05, 4.69) is 10.6 Å². The molecule has 3 aliphatic rings. The van der Waals surface area contributed by atoms with Crippen LogP contribution in [0.5, 0.6) is 0 Å². The highest BCUT2D eigenvalue weighted by molar-refractivity contribution is 6.30. The van der Waals surface area contributed by atoms with Crippen molar-refractivity contribution in [3.05, 3.63) is 58.6 Å². The molecule has 3 atom stereocenters. The van der Waals surface area contributed by atoms with Gasteiger partial charge in [-0.1, -0.05) is 11.6 Å². The van der Waals surface area contributed by atoms with Crippen LogP contribution in [-0.2, 0) is 19.9 Å². The normalized spacial score (nSPS) is 21.8. The van der Waals surface area contributed by atoms with Crippen LogP contribution in [-0.4, -0.2) is 83.6 Å². The fourth-order valence-corrected chi connectivity index (χ4v) is 5.84. The maximum Gasteiger partial charge on any atom is 0.412 e. The van der Waals surface area contributed by atoms with Gasteiger partial charge in [0.1, 0.15) is 6.04 Å². The van der Waals surface area contributed by atoms with E-state index in [1.807, 2.05) is 6.92 Å². The molecule has 222 valence electrons. The first-order valence-corrected chi connectivity index (χ1v) is 14.1. The molecule has 13 heteroatoms. The van der Waals surface area contributed by atoms with Crippen LogP contribution in [0.3, 0.4) is 0 Å². The molecule has 2 fully saturated rings. The summed E-state index contributed by atoms with van der Waals surface area (Å²) < 4.78 is 5.80. The lowest BCUT2D eigenvalue weighted by atomic mass is 9.83. The summed E-state index contributed by atoms with van der Waals surface area (Å²) in [6, 6.07) is 9.81. The summed E-state index contributed by atoms with van der Waals surface area (Å²) in [6.07, 6.45) is -0.175. The zero-order valence-electron chi connectivity index (χ0n) is 23.3. The summed E-state index contributed by atoms with van der Waals surface area (Å²) in [5.74, 6) is -1.30. The number of hydrogen-bond donors (Lipinski definition) is 3. The van der Waals surface area contributed by atoms with Crippen molar-refractivity contribution in [1.82, 2.24) is 15.1 Å². The van der Waals surface area contributed by atoms with Gasteiger partial charge in [-0.25, -0.2) is 9.59 Å². The average Bonchev–Trinajstić information content (AvgIpc) is 2.95. The molecule has 0 bridgehead atoms. The summed E-state index contributed by atoms with van der Waals surface area (Å²) in [7, 11) is 1.38. The Hall–Kier alpha value is -4.32. The van der Waals surface area contributed by atoms with Gasteiger partial charge < -0.3 is 25.0 Å². The molecule has 42 heavy (non-hydrogen) atoms. The van der Waals surface area contributed by atoms with Crippen molar-refractivity contribution in [2.75, 3.05) is 36.9 Å². The van der Waals surface area contributed by atoms with Crippen LogP contribution in [0.15, 0.2) is 42.5 Å². The maximum absolute atomic E-state index is 14.0. The van der Waals surface area contributed by atoms with E-state index in [0.717, 1.165) is 11.3 Å². The number of fused-ring (bicyclic) bond motifs is 2. The number of likely N-dealkylation sites (tertiary alicyclic amines) is 2. The van der Waals surface area contributed by atoms with Crippen LogP contribution in [0.1, 0.15) is 48.5 Å². The van der Waals surface area contributed by atoms with Crippen molar-refractivity contribution in [2.45, 2.75) is 50.3 Å². The number of piperidine rings is 1. The van der Waals surface area contributed by atoms with Crippen LogP contribution >= 0.6 is 11.6 Å². The second-order valence-electron chi connectivity index (χ2n) is 10.9.